The molecule has 31 heavy (non-hydrogen) atoms. The molecular weight excluding hydrogens is 402 g/mol. The first-order chi connectivity index (χ1) is 14.7. The van der Waals surface area contributed by atoms with Gasteiger partial charge in [-0.05, 0) is 51.1 Å². The summed E-state index contributed by atoms with van der Waals surface area (Å²) in [5, 5.41) is 2.45. The first-order valence-corrected chi connectivity index (χ1v) is 9.74. The number of nitrogens with one attached hydrogen (secondary N) is 1. The van der Waals surface area contributed by atoms with Crippen LogP contribution in [0.5, 0.6) is 5.75 Å². The number of Topliss-reactive ketones (excluding diaryl/α,β-unsaturated/α-hetero) is 1. The number of anilines is 1. The second-order valence-electron chi connectivity index (χ2n) is 8.06. The average Bonchev–Trinajstić information content (AvgIpc) is 2.69. The number of rotatable bonds is 3. The molecule has 1 amide bonds. The summed E-state index contributed by atoms with van der Waals surface area (Å²) in [5.74, 6) is -2.20. The molecule has 0 spiro atoms. The summed E-state index contributed by atoms with van der Waals surface area (Å²) < 4.78 is 33.7. The van der Waals surface area contributed by atoms with Crippen LogP contribution >= 0.6 is 0 Å². The maximum atomic E-state index is 13.8. The number of hydrogen-bond donors (Lipinski definition) is 1. The van der Waals surface area contributed by atoms with Gasteiger partial charge in [-0.3, -0.25) is 14.6 Å². The van der Waals surface area contributed by atoms with E-state index in [0.717, 1.165) is 23.3 Å². The van der Waals surface area contributed by atoms with Crippen molar-refractivity contribution in [3.8, 4) is 17.0 Å². The first kappa shape index (κ1) is 20.7. The number of benzene rings is 2. The predicted molar refractivity (Wildman–Crippen MR) is 112 cm³/mol. The molecule has 0 bridgehead atoms. The minimum atomic E-state index is -0.941. The van der Waals surface area contributed by atoms with E-state index in [2.05, 4.69) is 10.3 Å². The van der Waals surface area contributed by atoms with Crippen molar-refractivity contribution in [2.24, 2.45) is 0 Å². The van der Waals surface area contributed by atoms with Gasteiger partial charge in [0.05, 0.1) is 29.6 Å². The molecule has 1 aromatic heterocycles. The van der Waals surface area contributed by atoms with Crippen LogP contribution in [0.4, 0.5) is 14.5 Å². The lowest BCUT2D eigenvalue weighted by atomic mass is 9.89. The number of amides is 1. The second kappa shape index (κ2) is 7.58. The number of ether oxygens (including phenoxy) is 1. The van der Waals surface area contributed by atoms with Crippen molar-refractivity contribution in [2.75, 3.05) is 5.32 Å². The molecule has 0 unspecified atom stereocenters. The van der Waals surface area contributed by atoms with Gasteiger partial charge in [-0.2, -0.15) is 0 Å². The highest BCUT2D eigenvalue weighted by Gasteiger charge is 2.34. The minimum absolute atomic E-state index is 0.0345. The van der Waals surface area contributed by atoms with Gasteiger partial charge in [0.25, 0.3) is 5.91 Å². The van der Waals surface area contributed by atoms with Gasteiger partial charge in [0.2, 0.25) is 0 Å². The zero-order valence-corrected chi connectivity index (χ0v) is 17.3. The van der Waals surface area contributed by atoms with Crippen LogP contribution in [0.25, 0.3) is 11.3 Å². The summed E-state index contributed by atoms with van der Waals surface area (Å²) >= 11 is 0. The monoisotopic (exact) mass is 422 g/mol. The van der Waals surface area contributed by atoms with E-state index in [9.17, 15) is 18.4 Å². The average molecular weight is 422 g/mol. The lowest BCUT2D eigenvalue weighted by Crippen LogP contribution is -2.36. The van der Waals surface area contributed by atoms with E-state index in [0.29, 0.717) is 29.1 Å². The Hall–Kier alpha value is -3.61. The zero-order chi connectivity index (χ0) is 22.3. The highest BCUT2D eigenvalue weighted by Crippen LogP contribution is 2.39. The fraction of sp³-hybridized carbons (Fsp3) is 0.208. The maximum absolute atomic E-state index is 13.8. The molecule has 1 N–H and O–H groups in total. The Labute approximate surface area is 178 Å². The lowest BCUT2D eigenvalue weighted by molar-refractivity contribution is 0.0615. The maximum Gasteiger partial charge on any atom is 0.261 e. The van der Waals surface area contributed by atoms with E-state index in [1.54, 1.807) is 18.2 Å². The standard InChI is InChI=1S/C24H20F2N2O3/c1-13-15(8-9-16-20(29)11-24(2,3)31-22(13)16)19-10-7-14(12-27-19)28-23(30)21-17(25)5-4-6-18(21)26/h4-10,12H,11H2,1-3H3,(H,28,30). The smallest absolute Gasteiger partial charge is 0.261 e. The van der Waals surface area contributed by atoms with Crippen molar-refractivity contribution >= 4 is 17.4 Å². The van der Waals surface area contributed by atoms with Crippen LogP contribution in [0.3, 0.4) is 0 Å². The molecule has 5 nitrogen and oxygen atoms in total. The van der Waals surface area contributed by atoms with Crippen molar-refractivity contribution < 1.29 is 23.1 Å². The van der Waals surface area contributed by atoms with E-state index < -0.39 is 28.7 Å². The van der Waals surface area contributed by atoms with E-state index >= 15 is 0 Å². The Kier molecular flexibility index (Phi) is 5.05. The lowest BCUT2D eigenvalue weighted by Gasteiger charge is -2.33. The Morgan fingerprint density at radius 2 is 1.74 bits per heavy atom. The molecule has 0 saturated heterocycles. The van der Waals surface area contributed by atoms with Gasteiger partial charge in [0, 0.05) is 11.1 Å². The van der Waals surface area contributed by atoms with Gasteiger partial charge in [-0.15, -0.1) is 0 Å². The van der Waals surface area contributed by atoms with Crippen LogP contribution in [0.15, 0.2) is 48.7 Å². The van der Waals surface area contributed by atoms with Gasteiger partial charge >= 0.3 is 0 Å². The van der Waals surface area contributed by atoms with Gasteiger partial charge in [-0.25, -0.2) is 8.78 Å². The number of carbonyl (C=O) groups excluding carboxylic acids is 2. The zero-order valence-electron chi connectivity index (χ0n) is 17.3. The molecule has 158 valence electrons. The normalized spacial score (nSPS) is 14.5. The van der Waals surface area contributed by atoms with Crippen LogP contribution in [0.1, 0.15) is 46.5 Å². The number of halogens is 2. The molecule has 0 atom stereocenters. The third-order valence-electron chi connectivity index (χ3n) is 5.16. The summed E-state index contributed by atoms with van der Waals surface area (Å²) in [6.45, 7) is 5.60. The molecule has 1 aliphatic heterocycles. The Morgan fingerprint density at radius 1 is 1.06 bits per heavy atom. The predicted octanol–water partition coefficient (Wildman–Crippen LogP) is 5.33. The molecule has 3 aromatic rings. The highest BCUT2D eigenvalue weighted by molar-refractivity contribution is 6.04. The van der Waals surface area contributed by atoms with Crippen LogP contribution in [0, 0.1) is 18.6 Å². The van der Waals surface area contributed by atoms with Crippen LogP contribution in [-0.4, -0.2) is 22.3 Å². The minimum Gasteiger partial charge on any atom is -0.486 e. The van der Waals surface area contributed by atoms with Gasteiger partial charge < -0.3 is 10.1 Å². The van der Waals surface area contributed by atoms with Crippen LogP contribution in [-0.2, 0) is 0 Å². The van der Waals surface area contributed by atoms with Crippen molar-refractivity contribution in [3.63, 3.8) is 0 Å². The Bertz CT molecular complexity index is 1180. The molecule has 7 heteroatoms. The van der Waals surface area contributed by atoms with Crippen molar-refractivity contribution in [1.82, 2.24) is 4.98 Å². The van der Waals surface area contributed by atoms with Crippen LogP contribution < -0.4 is 10.1 Å². The van der Waals surface area contributed by atoms with Crippen molar-refractivity contribution in [3.05, 3.63) is 77.0 Å². The summed E-state index contributed by atoms with van der Waals surface area (Å²) in [4.78, 5) is 29.0. The number of ketones is 1. The van der Waals surface area contributed by atoms with Crippen molar-refractivity contribution in [1.29, 1.82) is 0 Å². The molecule has 4 rings (SSSR count). The molecule has 0 fully saturated rings. The summed E-state index contributed by atoms with van der Waals surface area (Å²) in [6.07, 6.45) is 1.72. The number of fused-ring (bicyclic) bond motifs is 1. The number of aromatic nitrogens is 1. The fourth-order valence-corrected chi connectivity index (χ4v) is 3.65. The molecule has 0 saturated carbocycles. The van der Waals surface area contributed by atoms with E-state index in [1.807, 2.05) is 26.8 Å². The SMILES string of the molecule is Cc1c(-c2ccc(NC(=O)c3c(F)cccc3F)cn2)ccc2c1OC(C)(C)CC2=O. The molecule has 0 radical (unpaired) electrons. The van der Waals surface area contributed by atoms with E-state index in [4.69, 9.17) is 4.74 Å². The molecule has 2 aromatic carbocycles. The Balaban J connectivity index is 1.61. The van der Waals surface area contributed by atoms with E-state index in [1.165, 1.54) is 12.3 Å². The number of carbonyl (C=O) groups is 2. The number of nitrogens with zero attached hydrogens (tertiary/aromatic N) is 1. The topological polar surface area (TPSA) is 68.3 Å². The summed E-state index contributed by atoms with van der Waals surface area (Å²) in [6, 6.07) is 10.0. The number of hydrogen-bond acceptors (Lipinski definition) is 4. The van der Waals surface area contributed by atoms with Gasteiger partial charge in [0.1, 0.15) is 28.5 Å². The molecule has 2 heterocycles. The molecule has 1 aliphatic rings. The first-order valence-electron chi connectivity index (χ1n) is 9.74. The Morgan fingerprint density at radius 3 is 2.39 bits per heavy atom. The number of pyridine rings is 1. The third-order valence-corrected chi connectivity index (χ3v) is 5.16. The molecular formula is C24H20F2N2O3. The summed E-state index contributed by atoms with van der Waals surface area (Å²) in [5.41, 5.74) is 1.78. The van der Waals surface area contributed by atoms with Gasteiger partial charge in [0.15, 0.2) is 5.78 Å². The van der Waals surface area contributed by atoms with E-state index in [-0.39, 0.29) is 5.78 Å². The highest BCUT2D eigenvalue weighted by atomic mass is 19.1. The third kappa shape index (κ3) is 3.91. The van der Waals surface area contributed by atoms with Crippen LogP contribution in [0.2, 0.25) is 0 Å². The van der Waals surface area contributed by atoms with Gasteiger partial charge in [-0.1, -0.05) is 12.1 Å². The fourth-order valence-electron chi connectivity index (χ4n) is 3.65. The largest absolute Gasteiger partial charge is 0.486 e. The van der Waals surface area contributed by atoms with Crippen molar-refractivity contribution in [2.45, 2.75) is 32.8 Å². The quantitative estimate of drug-likeness (QED) is 0.619. The second-order valence-corrected chi connectivity index (χ2v) is 8.06. The molecule has 0 aliphatic carbocycles. The summed E-state index contributed by atoms with van der Waals surface area (Å²) in [7, 11) is 0.